The molecule has 6 nitrogen and oxygen atoms in total. The molecule has 9 heteroatoms. The lowest BCUT2D eigenvalue weighted by Gasteiger charge is -2.28. The summed E-state index contributed by atoms with van der Waals surface area (Å²) in [6.07, 6.45) is 4.36. The van der Waals surface area contributed by atoms with Crippen LogP contribution in [0.3, 0.4) is 0 Å². The lowest BCUT2D eigenvalue weighted by Crippen LogP contribution is -2.51. The van der Waals surface area contributed by atoms with E-state index in [0.29, 0.717) is 24.0 Å². The average Bonchev–Trinajstić information content (AvgIpc) is 3.25. The Hall–Kier alpha value is -0.570. The quantitative estimate of drug-likeness (QED) is 0.701. The van der Waals surface area contributed by atoms with Gasteiger partial charge in [0, 0.05) is 29.6 Å². The first kappa shape index (κ1) is 21.7. The number of rotatable bonds is 7. The highest BCUT2D eigenvalue weighted by Crippen LogP contribution is 2.33. The van der Waals surface area contributed by atoms with Gasteiger partial charge in [-0.15, -0.1) is 12.4 Å². The Morgan fingerprint density at radius 3 is 2.69 bits per heavy atom. The zero-order valence-corrected chi connectivity index (χ0v) is 17.0. The van der Waals surface area contributed by atoms with Gasteiger partial charge in [-0.25, -0.2) is 13.1 Å². The van der Waals surface area contributed by atoms with Crippen molar-refractivity contribution in [1.82, 2.24) is 4.72 Å². The third kappa shape index (κ3) is 5.03. The van der Waals surface area contributed by atoms with Crippen LogP contribution < -0.4 is 15.2 Å². The first-order valence-electron chi connectivity index (χ1n) is 8.68. The van der Waals surface area contributed by atoms with Gasteiger partial charge in [-0.2, -0.15) is 0 Å². The summed E-state index contributed by atoms with van der Waals surface area (Å²) in [5.41, 5.74) is 5.29. The van der Waals surface area contributed by atoms with Crippen molar-refractivity contribution in [3.8, 4) is 5.75 Å². The molecule has 1 saturated carbocycles. The maximum Gasteiger partial charge on any atom is 0.244 e. The van der Waals surface area contributed by atoms with Gasteiger partial charge < -0.3 is 15.2 Å². The lowest BCUT2D eigenvalue weighted by atomic mass is 10.0. The minimum Gasteiger partial charge on any atom is -0.492 e. The van der Waals surface area contributed by atoms with E-state index in [1.807, 2.05) is 0 Å². The molecule has 0 amide bonds. The molecule has 3 N–H and O–H groups in total. The number of hydrogen-bond donors (Lipinski definition) is 2. The van der Waals surface area contributed by atoms with Crippen LogP contribution in [0.2, 0.25) is 5.02 Å². The molecule has 0 radical (unpaired) electrons. The second-order valence-corrected chi connectivity index (χ2v) is 9.02. The summed E-state index contributed by atoms with van der Waals surface area (Å²) in [6.45, 7) is 2.07. The van der Waals surface area contributed by atoms with Crippen molar-refractivity contribution >= 4 is 34.0 Å². The zero-order chi connectivity index (χ0) is 17.9. The molecule has 1 aliphatic heterocycles. The summed E-state index contributed by atoms with van der Waals surface area (Å²) in [7, 11) is -3.78. The fourth-order valence-electron chi connectivity index (χ4n) is 3.47. The lowest BCUT2D eigenvalue weighted by molar-refractivity contribution is 0.166. The Morgan fingerprint density at radius 1 is 1.35 bits per heavy atom. The molecule has 2 aliphatic rings. The minimum atomic E-state index is -3.78. The summed E-state index contributed by atoms with van der Waals surface area (Å²) in [4.78, 5) is 0.0682. The van der Waals surface area contributed by atoms with Crippen LogP contribution in [0.5, 0.6) is 5.75 Å². The Kier molecular flexibility index (Phi) is 7.59. The molecule has 0 spiro atoms. The highest BCUT2D eigenvalue weighted by molar-refractivity contribution is 7.89. The maximum atomic E-state index is 13.0. The van der Waals surface area contributed by atoms with Crippen molar-refractivity contribution in [3.05, 3.63) is 23.2 Å². The highest BCUT2D eigenvalue weighted by Gasteiger charge is 2.37. The zero-order valence-electron chi connectivity index (χ0n) is 14.6. The number of nitrogens with two attached hydrogens (primary N) is 1. The molecular weight excluding hydrogens is 399 g/mol. The highest BCUT2D eigenvalue weighted by atomic mass is 35.5. The third-order valence-corrected chi connectivity index (χ3v) is 6.83. The number of nitrogens with one attached hydrogen (secondary N) is 1. The van der Waals surface area contributed by atoms with Crippen LogP contribution in [0.1, 0.15) is 32.1 Å². The predicted molar refractivity (Wildman–Crippen MR) is 104 cm³/mol. The van der Waals surface area contributed by atoms with Crippen LogP contribution in [0.4, 0.5) is 0 Å². The van der Waals surface area contributed by atoms with Crippen molar-refractivity contribution in [2.45, 2.75) is 42.5 Å². The van der Waals surface area contributed by atoms with Gasteiger partial charge in [0.1, 0.15) is 10.6 Å². The van der Waals surface area contributed by atoms with E-state index in [9.17, 15) is 8.42 Å². The molecule has 148 valence electrons. The normalized spacial score (nSPS) is 22.2. The fraction of sp³-hybridized carbons (Fsp3) is 0.647. The molecule has 1 saturated heterocycles. The maximum absolute atomic E-state index is 13.0. The molecule has 1 atom stereocenters. The van der Waals surface area contributed by atoms with Crippen LogP contribution in [0, 0.1) is 5.92 Å². The third-order valence-electron chi connectivity index (χ3n) is 5.00. The van der Waals surface area contributed by atoms with Gasteiger partial charge in [-0.3, -0.25) is 0 Å². The van der Waals surface area contributed by atoms with Gasteiger partial charge in [0.25, 0.3) is 0 Å². The SMILES string of the molecule is Cl.NCC1(NS(=O)(=O)c2cc(Cl)ccc2OCC2CCOC2)CCCC1. The van der Waals surface area contributed by atoms with Crippen LogP contribution in [-0.4, -0.2) is 40.3 Å². The summed E-state index contributed by atoms with van der Waals surface area (Å²) in [5.74, 6) is 0.596. The van der Waals surface area contributed by atoms with Gasteiger partial charge in [-0.05, 0) is 37.5 Å². The Labute approximate surface area is 166 Å². The first-order valence-corrected chi connectivity index (χ1v) is 10.5. The Bertz CT molecular complexity index is 703. The van der Waals surface area contributed by atoms with Gasteiger partial charge in [0.05, 0.1) is 13.2 Å². The van der Waals surface area contributed by atoms with Crippen molar-refractivity contribution in [3.63, 3.8) is 0 Å². The molecule has 1 heterocycles. The number of sulfonamides is 1. The van der Waals surface area contributed by atoms with Crippen molar-refractivity contribution in [1.29, 1.82) is 0 Å². The second kappa shape index (κ2) is 9.08. The van der Waals surface area contributed by atoms with Crippen LogP contribution >= 0.6 is 24.0 Å². The van der Waals surface area contributed by atoms with E-state index in [-0.39, 0.29) is 29.8 Å². The van der Waals surface area contributed by atoms with Crippen molar-refractivity contribution in [2.24, 2.45) is 11.7 Å². The van der Waals surface area contributed by atoms with Crippen LogP contribution in [-0.2, 0) is 14.8 Å². The topological polar surface area (TPSA) is 90.7 Å². The summed E-state index contributed by atoms with van der Waals surface area (Å²) in [5, 5.41) is 0.352. The van der Waals surface area contributed by atoms with E-state index in [2.05, 4.69) is 4.72 Å². The Balaban J connectivity index is 0.00000243. The molecule has 2 fully saturated rings. The van der Waals surface area contributed by atoms with Crippen LogP contribution in [0.15, 0.2) is 23.1 Å². The average molecular weight is 425 g/mol. The molecule has 26 heavy (non-hydrogen) atoms. The molecule has 1 aliphatic carbocycles. The number of hydrogen-bond acceptors (Lipinski definition) is 5. The molecule has 3 rings (SSSR count). The molecule has 0 bridgehead atoms. The summed E-state index contributed by atoms with van der Waals surface area (Å²) >= 11 is 6.04. The van der Waals surface area contributed by atoms with Crippen molar-refractivity contribution in [2.75, 3.05) is 26.4 Å². The van der Waals surface area contributed by atoms with E-state index >= 15 is 0 Å². The molecule has 1 aromatic rings. The molecule has 1 unspecified atom stereocenters. The smallest absolute Gasteiger partial charge is 0.244 e. The van der Waals surface area contributed by atoms with E-state index in [1.54, 1.807) is 12.1 Å². The minimum absolute atomic E-state index is 0. The number of ether oxygens (including phenoxy) is 2. The monoisotopic (exact) mass is 424 g/mol. The van der Waals surface area contributed by atoms with E-state index < -0.39 is 15.6 Å². The van der Waals surface area contributed by atoms with Gasteiger partial charge in [0.2, 0.25) is 10.0 Å². The van der Waals surface area contributed by atoms with E-state index in [4.69, 9.17) is 26.8 Å². The van der Waals surface area contributed by atoms with Gasteiger partial charge in [0.15, 0.2) is 0 Å². The van der Waals surface area contributed by atoms with Gasteiger partial charge >= 0.3 is 0 Å². The van der Waals surface area contributed by atoms with Crippen molar-refractivity contribution < 1.29 is 17.9 Å². The molecule has 0 aromatic heterocycles. The fourth-order valence-corrected chi connectivity index (χ4v) is 5.35. The number of halogens is 2. The van der Waals surface area contributed by atoms with E-state index in [0.717, 1.165) is 38.7 Å². The van der Waals surface area contributed by atoms with Gasteiger partial charge in [-0.1, -0.05) is 24.4 Å². The summed E-state index contributed by atoms with van der Waals surface area (Å²) < 4.78 is 39.9. The largest absolute Gasteiger partial charge is 0.492 e. The van der Waals surface area contributed by atoms with E-state index in [1.165, 1.54) is 6.07 Å². The summed E-state index contributed by atoms with van der Waals surface area (Å²) in [6, 6.07) is 4.68. The standard InChI is InChI=1S/C17H25ClN2O4S.ClH/c18-14-3-4-15(24-11-13-5-8-23-10-13)16(9-14)25(21,22)20-17(12-19)6-1-2-7-17;/h3-4,9,13,20H,1-2,5-8,10-12,19H2;1H. The molecule has 1 aromatic carbocycles. The predicted octanol–water partition coefficient (Wildman–Crippen LogP) is 2.73. The first-order chi connectivity index (χ1) is 11.9. The second-order valence-electron chi connectivity index (χ2n) is 6.93. The number of benzene rings is 1. The van der Waals surface area contributed by atoms with Crippen LogP contribution in [0.25, 0.3) is 0 Å². The molecular formula is C17H26Cl2N2O4S. The Morgan fingerprint density at radius 2 is 2.08 bits per heavy atom.